The molecule has 0 aliphatic carbocycles. The van der Waals surface area contributed by atoms with Crippen molar-refractivity contribution in [3.05, 3.63) is 52.8 Å². The average molecular weight is 425 g/mol. The van der Waals surface area contributed by atoms with Gasteiger partial charge in [-0.2, -0.15) is 0 Å². The Hall–Kier alpha value is -3.06. The Morgan fingerprint density at radius 1 is 1.03 bits per heavy atom. The molecule has 0 saturated carbocycles. The molecule has 2 aliphatic heterocycles. The summed E-state index contributed by atoms with van der Waals surface area (Å²) < 4.78 is 13.3. The first kappa shape index (κ1) is 18.9. The molecular weight excluding hydrogens is 404 g/mol. The van der Waals surface area contributed by atoms with E-state index in [2.05, 4.69) is 20.1 Å². The quantitative estimate of drug-likeness (QED) is 0.676. The minimum absolute atomic E-state index is 0.266. The third-order valence-corrected chi connectivity index (χ3v) is 5.65. The van der Waals surface area contributed by atoms with Crippen LogP contribution in [0.15, 0.2) is 36.4 Å². The highest BCUT2D eigenvalue weighted by atomic mass is 35.5. The molecule has 0 radical (unpaired) electrons. The van der Waals surface area contributed by atoms with E-state index in [0.29, 0.717) is 41.0 Å². The van der Waals surface area contributed by atoms with E-state index in [-0.39, 0.29) is 5.91 Å². The molecule has 2 aliphatic rings. The van der Waals surface area contributed by atoms with Gasteiger partial charge < -0.3 is 19.4 Å². The maximum atomic E-state index is 12.7. The minimum atomic E-state index is -0.266. The summed E-state index contributed by atoms with van der Waals surface area (Å²) in [6, 6.07) is 10.9. The van der Waals surface area contributed by atoms with Gasteiger partial charge in [0.15, 0.2) is 17.3 Å². The molecule has 1 aromatic heterocycles. The molecule has 0 saturated heterocycles. The Bertz CT molecular complexity index is 1090. The smallest absolute Gasteiger partial charge is 0.255 e. The monoisotopic (exact) mass is 424 g/mol. The zero-order valence-corrected chi connectivity index (χ0v) is 17.1. The molecule has 5 rings (SSSR count). The summed E-state index contributed by atoms with van der Waals surface area (Å²) in [5.74, 6) is 2.63. The summed E-state index contributed by atoms with van der Waals surface area (Å²) in [5, 5.41) is 12.0. The van der Waals surface area contributed by atoms with E-state index in [4.69, 9.17) is 21.1 Å². The molecule has 1 amide bonds. The fourth-order valence-electron chi connectivity index (χ4n) is 3.85. The standard InChI is InChI=1S/C22H21ClN4O3/c23-17-12-15(13-18-20(17)30-11-10-29-18)22(28)24-16-7-5-14(6-8-16)21-26-25-19-4-2-1-3-9-27(19)21/h5-8,12-13H,1-4,9-11H2,(H,24,28). The first-order valence-electron chi connectivity index (χ1n) is 10.1. The summed E-state index contributed by atoms with van der Waals surface area (Å²) >= 11 is 6.24. The highest BCUT2D eigenvalue weighted by molar-refractivity contribution is 6.32. The average Bonchev–Trinajstić information content (AvgIpc) is 3.02. The van der Waals surface area contributed by atoms with Gasteiger partial charge in [-0.25, -0.2) is 0 Å². The fourth-order valence-corrected chi connectivity index (χ4v) is 4.11. The fraction of sp³-hybridized carbons (Fsp3) is 0.318. The van der Waals surface area contributed by atoms with Crippen LogP contribution in [0.3, 0.4) is 0 Å². The van der Waals surface area contributed by atoms with E-state index in [1.54, 1.807) is 12.1 Å². The van der Waals surface area contributed by atoms with Gasteiger partial charge in [0.05, 0.1) is 5.02 Å². The Morgan fingerprint density at radius 3 is 2.73 bits per heavy atom. The van der Waals surface area contributed by atoms with Crippen molar-refractivity contribution in [1.82, 2.24) is 14.8 Å². The van der Waals surface area contributed by atoms with Crippen LogP contribution >= 0.6 is 11.6 Å². The van der Waals surface area contributed by atoms with E-state index in [0.717, 1.165) is 43.0 Å². The number of carbonyl (C=O) groups excluding carboxylic acids is 1. The van der Waals surface area contributed by atoms with Crippen molar-refractivity contribution < 1.29 is 14.3 Å². The highest BCUT2D eigenvalue weighted by Gasteiger charge is 2.20. The van der Waals surface area contributed by atoms with Crippen molar-refractivity contribution in [3.63, 3.8) is 0 Å². The number of hydrogen-bond donors (Lipinski definition) is 1. The molecule has 30 heavy (non-hydrogen) atoms. The second-order valence-corrected chi connectivity index (χ2v) is 7.82. The summed E-state index contributed by atoms with van der Waals surface area (Å²) in [6.07, 6.45) is 4.49. The third kappa shape index (κ3) is 3.61. The number of hydrogen-bond acceptors (Lipinski definition) is 5. The number of aromatic nitrogens is 3. The van der Waals surface area contributed by atoms with Crippen LogP contribution in [0.1, 0.15) is 35.4 Å². The molecule has 0 bridgehead atoms. The maximum absolute atomic E-state index is 12.7. The lowest BCUT2D eigenvalue weighted by atomic mass is 10.1. The van der Waals surface area contributed by atoms with E-state index in [9.17, 15) is 4.79 Å². The van der Waals surface area contributed by atoms with Crippen LogP contribution in [0.4, 0.5) is 5.69 Å². The molecule has 8 heteroatoms. The van der Waals surface area contributed by atoms with Gasteiger partial charge in [-0.1, -0.05) is 18.0 Å². The molecule has 2 aromatic carbocycles. The molecule has 0 spiro atoms. The van der Waals surface area contributed by atoms with Gasteiger partial charge >= 0.3 is 0 Å². The first-order valence-corrected chi connectivity index (χ1v) is 10.5. The van der Waals surface area contributed by atoms with Crippen molar-refractivity contribution in [1.29, 1.82) is 0 Å². The van der Waals surface area contributed by atoms with Crippen molar-refractivity contribution in [2.75, 3.05) is 18.5 Å². The first-order chi connectivity index (χ1) is 14.7. The Balaban J connectivity index is 1.34. The van der Waals surface area contributed by atoms with Crippen molar-refractivity contribution in [2.24, 2.45) is 0 Å². The largest absolute Gasteiger partial charge is 0.486 e. The van der Waals surface area contributed by atoms with Crippen molar-refractivity contribution in [2.45, 2.75) is 32.2 Å². The van der Waals surface area contributed by atoms with Crippen LogP contribution in [0.2, 0.25) is 5.02 Å². The Labute approximate surface area is 179 Å². The number of nitrogens with one attached hydrogen (secondary N) is 1. The number of rotatable bonds is 3. The maximum Gasteiger partial charge on any atom is 0.255 e. The third-order valence-electron chi connectivity index (χ3n) is 5.37. The topological polar surface area (TPSA) is 78.3 Å². The zero-order chi connectivity index (χ0) is 20.5. The number of benzene rings is 2. The van der Waals surface area contributed by atoms with Crippen LogP contribution in [0, 0.1) is 0 Å². The number of anilines is 1. The number of ether oxygens (including phenoxy) is 2. The van der Waals surface area contributed by atoms with Crippen LogP contribution in [0.25, 0.3) is 11.4 Å². The van der Waals surface area contributed by atoms with Gasteiger partial charge in [-0.15, -0.1) is 10.2 Å². The Kier molecular flexibility index (Phi) is 5.04. The lowest BCUT2D eigenvalue weighted by molar-refractivity contribution is 0.102. The summed E-state index contributed by atoms with van der Waals surface area (Å²) in [5.41, 5.74) is 2.08. The number of aryl methyl sites for hydroxylation is 1. The summed E-state index contributed by atoms with van der Waals surface area (Å²) in [4.78, 5) is 12.7. The molecule has 1 N–H and O–H groups in total. The molecule has 3 heterocycles. The second-order valence-electron chi connectivity index (χ2n) is 7.42. The predicted molar refractivity (Wildman–Crippen MR) is 113 cm³/mol. The predicted octanol–water partition coefficient (Wildman–Crippen LogP) is 4.35. The number of amides is 1. The van der Waals surface area contributed by atoms with Crippen LogP contribution < -0.4 is 14.8 Å². The molecular formula is C22H21ClN4O3. The van der Waals surface area contributed by atoms with Crippen LogP contribution in [-0.4, -0.2) is 33.9 Å². The van der Waals surface area contributed by atoms with Crippen LogP contribution in [-0.2, 0) is 13.0 Å². The molecule has 3 aromatic rings. The zero-order valence-electron chi connectivity index (χ0n) is 16.4. The van der Waals surface area contributed by atoms with Crippen molar-refractivity contribution in [3.8, 4) is 22.9 Å². The number of carbonyl (C=O) groups is 1. The molecule has 7 nitrogen and oxygen atoms in total. The normalized spacial score (nSPS) is 15.2. The van der Waals surface area contributed by atoms with Crippen LogP contribution in [0.5, 0.6) is 11.5 Å². The summed E-state index contributed by atoms with van der Waals surface area (Å²) in [7, 11) is 0. The lowest BCUT2D eigenvalue weighted by Gasteiger charge is -2.20. The Morgan fingerprint density at radius 2 is 1.87 bits per heavy atom. The van der Waals surface area contributed by atoms with Gasteiger partial charge in [-0.05, 0) is 49.2 Å². The SMILES string of the molecule is O=C(Nc1ccc(-c2nnc3n2CCCCC3)cc1)c1cc(Cl)c2c(c1)OCCO2. The molecule has 0 fully saturated rings. The number of fused-ring (bicyclic) bond motifs is 2. The van der Waals surface area contributed by atoms with E-state index in [1.807, 2.05) is 24.3 Å². The van der Waals surface area contributed by atoms with Gasteiger partial charge in [0.1, 0.15) is 19.0 Å². The van der Waals surface area contributed by atoms with E-state index in [1.165, 1.54) is 6.42 Å². The minimum Gasteiger partial charge on any atom is -0.486 e. The summed E-state index contributed by atoms with van der Waals surface area (Å²) in [6.45, 7) is 1.82. The lowest BCUT2D eigenvalue weighted by Crippen LogP contribution is -2.17. The second kappa shape index (κ2) is 7.99. The number of halogens is 1. The van der Waals surface area contributed by atoms with Gasteiger partial charge in [0.2, 0.25) is 0 Å². The van der Waals surface area contributed by atoms with E-state index < -0.39 is 0 Å². The number of nitrogens with zero attached hydrogens (tertiary/aromatic N) is 3. The van der Waals surface area contributed by atoms with Crippen molar-refractivity contribution >= 4 is 23.2 Å². The van der Waals surface area contributed by atoms with Gasteiger partial charge in [-0.3, -0.25) is 4.79 Å². The molecule has 154 valence electrons. The van der Waals surface area contributed by atoms with Gasteiger partial charge in [0, 0.05) is 29.8 Å². The molecule has 0 unspecified atom stereocenters. The molecule has 0 atom stereocenters. The van der Waals surface area contributed by atoms with Gasteiger partial charge in [0.25, 0.3) is 5.91 Å². The highest BCUT2D eigenvalue weighted by Crippen LogP contribution is 2.38. The van der Waals surface area contributed by atoms with E-state index >= 15 is 0 Å².